The van der Waals surface area contributed by atoms with Crippen LogP contribution in [0.3, 0.4) is 0 Å². The number of aromatic nitrogens is 1. The second kappa shape index (κ2) is 7.91. The smallest absolute Gasteiger partial charge is 0.313 e. The first-order valence-electron chi connectivity index (χ1n) is 7.32. The zero-order valence-electron chi connectivity index (χ0n) is 13.2. The maximum Gasteiger partial charge on any atom is 0.313 e. The summed E-state index contributed by atoms with van der Waals surface area (Å²) in [5.74, 6) is -0.101. The van der Waals surface area contributed by atoms with Crippen LogP contribution in [0.25, 0.3) is 21.7 Å². The van der Waals surface area contributed by atoms with E-state index < -0.39 is 5.97 Å². The number of benzene rings is 2. The van der Waals surface area contributed by atoms with E-state index >= 15 is 0 Å². The van der Waals surface area contributed by atoms with E-state index in [1.807, 2.05) is 48.5 Å². The normalized spacial score (nSPS) is 10.6. The van der Waals surface area contributed by atoms with Crippen molar-refractivity contribution < 1.29 is 14.6 Å². The van der Waals surface area contributed by atoms with Crippen molar-refractivity contribution in [3.63, 3.8) is 0 Å². The number of rotatable bonds is 6. The van der Waals surface area contributed by atoms with Crippen LogP contribution in [0, 0.1) is 0 Å². The molecule has 0 aliphatic rings. The Bertz CT molecular complexity index is 876. The number of thioether (sulfide) groups is 1. The highest BCUT2D eigenvalue weighted by atomic mass is 35.5. The van der Waals surface area contributed by atoms with Crippen LogP contribution in [-0.2, 0) is 4.79 Å². The van der Waals surface area contributed by atoms with E-state index in [4.69, 9.17) is 21.4 Å². The van der Waals surface area contributed by atoms with Gasteiger partial charge >= 0.3 is 5.97 Å². The minimum Gasteiger partial charge on any atom is -0.497 e. The van der Waals surface area contributed by atoms with E-state index in [1.165, 1.54) is 23.1 Å². The summed E-state index contributed by atoms with van der Waals surface area (Å²) in [5, 5.41) is 9.56. The molecule has 2 aromatic carbocycles. The molecule has 0 unspecified atom stereocenters. The number of nitrogens with zero attached hydrogens (tertiary/aromatic N) is 1. The number of methoxy groups -OCH3 is 1. The SMILES string of the molecule is COc1ccc(-c2sc(SCC(=O)O)nc2-c2ccc(Cl)cc2)cc1. The van der Waals surface area contributed by atoms with Crippen LogP contribution >= 0.6 is 34.7 Å². The molecule has 0 atom stereocenters. The van der Waals surface area contributed by atoms with Crippen molar-refractivity contribution in [2.45, 2.75) is 4.34 Å². The first-order valence-corrected chi connectivity index (χ1v) is 9.50. The van der Waals surface area contributed by atoms with E-state index in [0.29, 0.717) is 5.02 Å². The van der Waals surface area contributed by atoms with Gasteiger partial charge in [-0.25, -0.2) is 4.98 Å². The second-order valence-corrected chi connectivity index (χ2v) is 7.73. The fourth-order valence-corrected chi connectivity index (χ4v) is 4.24. The number of hydrogen-bond donors (Lipinski definition) is 1. The number of carbonyl (C=O) groups is 1. The van der Waals surface area contributed by atoms with Crippen molar-refractivity contribution in [3.8, 4) is 27.4 Å². The first kappa shape index (κ1) is 17.8. The Morgan fingerprint density at radius 1 is 1.16 bits per heavy atom. The maximum absolute atomic E-state index is 10.8. The topological polar surface area (TPSA) is 59.4 Å². The molecule has 0 aliphatic carbocycles. The van der Waals surface area contributed by atoms with Crippen LogP contribution in [0.1, 0.15) is 0 Å². The Kier molecular flexibility index (Phi) is 5.63. The Balaban J connectivity index is 2.03. The molecule has 25 heavy (non-hydrogen) atoms. The number of aliphatic carboxylic acids is 1. The predicted octanol–water partition coefficient (Wildman–Crippen LogP) is 5.32. The molecule has 0 aliphatic heterocycles. The van der Waals surface area contributed by atoms with Gasteiger partial charge in [0.15, 0.2) is 4.34 Å². The Morgan fingerprint density at radius 3 is 2.40 bits per heavy atom. The number of carboxylic acids is 1. The quantitative estimate of drug-likeness (QED) is 0.576. The minimum atomic E-state index is -0.862. The Labute approximate surface area is 158 Å². The predicted molar refractivity (Wildman–Crippen MR) is 103 cm³/mol. The lowest BCUT2D eigenvalue weighted by molar-refractivity contribution is -0.133. The molecule has 0 fully saturated rings. The molecule has 1 aromatic heterocycles. The van der Waals surface area contributed by atoms with E-state index in [2.05, 4.69) is 4.98 Å². The molecule has 7 heteroatoms. The molecule has 0 saturated carbocycles. The molecule has 3 aromatic rings. The standard InChI is InChI=1S/C18H14ClNO3S2/c1-23-14-8-4-12(5-9-14)17-16(11-2-6-13(19)7-3-11)20-18(25-17)24-10-15(21)22/h2-9H,10H2,1H3,(H,21,22). The van der Waals surface area contributed by atoms with Crippen LogP contribution in [0.15, 0.2) is 52.9 Å². The van der Waals surface area contributed by atoms with Gasteiger partial charge in [0.2, 0.25) is 0 Å². The van der Waals surface area contributed by atoms with Gasteiger partial charge in [0.1, 0.15) is 5.75 Å². The summed E-state index contributed by atoms with van der Waals surface area (Å²) in [5.41, 5.74) is 2.76. The molecule has 4 nitrogen and oxygen atoms in total. The molecule has 1 N–H and O–H groups in total. The summed E-state index contributed by atoms with van der Waals surface area (Å²) in [6.45, 7) is 0. The minimum absolute atomic E-state index is 0.0182. The number of halogens is 1. The van der Waals surface area contributed by atoms with Gasteiger partial charge in [0, 0.05) is 10.6 Å². The maximum atomic E-state index is 10.8. The van der Waals surface area contributed by atoms with Crippen molar-refractivity contribution >= 4 is 40.7 Å². The lowest BCUT2D eigenvalue weighted by Gasteiger charge is -2.04. The fraction of sp³-hybridized carbons (Fsp3) is 0.111. The number of carboxylic acid groups (broad SMARTS) is 1. The fourth-order valence-electron chi connectivity index (χ4n) is 2.23. The third-order valence-corrected chi connectivity index (χ3v) is 5.88. The van der Waals surface area contributed by atoms with E-state index in [0.717, 1.165) is 31.8 Å². The molecular formula is C18H14ClNO3S2. The zero-order chi connectivity index (χ0) is 17.8. The lowest BCUT2D eigenvalue weighted by Crippen LogP contribution is -1.96. The average Bonchev–Trinajstić information content (AvgIpc) is 3.05. The molecular weight excluding hydrogens is 378 g/mol. The van der Waals surface area contributed by atoms with E-state index in [1.54, 1.807) is 7.11 Å². The lowest BCUT2D eigenvalue weighted by atomic mass is 10.1. The summed E-state index contributed by atoms with van der Waals surface area (Å²) in [6, 6.07) is 15.2. The summed E-state index contributed by atoms with van der Waals surface area (Å²) in [7, 11) is 1.63. The van der Waals surface area contributed by atoms with Crippen molar-refractivity contribution in [2.75, 3.05) is 12.9 Å². The van der Waals surface area contributed by atoms with Crippen LogP contribution in [0.4, 0.5) is 0 Å². The average molecular weight is 392 g/mol. The van der Waals surface area contributed by atoms with Crippen LogP contribution in [-0.4, -0.2) is 28.9 Å². The zero-order valence-corrected chi connectivity index (χ0v) is 15.6. The molecule has 0 bridgehead atoms. The van der Waals surface area contributed by atoms with Crippen LogP contribution < -0.4 is 4.74 Å². The third-order valence-electron chi connectivity index (χ3n) is 3.40. The summed E-state index contributed by atoms with van der Waals surface area (Å²) in [6.07, 6.45) is 0. The number of hydrogen-bond acceptors (Lipinski definition) is 5. The molecule has 3 rings (SSSR count). The van der Waals surface area contributed by atoms with Gasteiger partial charge in [0.05, 0.1) is 23.4 Å². The van der Waals surface area contributed by atoms with Gasteiger partial charge in [-0.3, -0.25) is 4.79 Å². The molecule has 0 radical (unpaired) electrons. The largest absolute Gasteiger partial charge is 0.497 e. The van der Waals surface area contributed by atoms with Crippen molar-refractivity contribution in [3.05, 3.63) is 53.6 Å². The molecule has 0 amide bonds. The highest BCUT2D eigenvalue weighted by Crippen LogP contribution is 2.40. The van der Waals surface area contributed by atoms with Gasteiger partial charge in [-0.05, 0) is 42.0 Å². The van der Waals surface area contributed by atoms with Gasteiger partial charge in [-0.2, -0.15) is 0 Å². The van der Waals surface area contributed by atoms with Crippen molar-refractivity contribution in [1.29, 1.82) is 0 Å². The van der Waals surface area contributed by atoms with Gasteiger partial charge in [0.25, 0.3) is 0 Å². The summed E-state index contributed by atoms with van der Waals surface area (Å²) < 4.78 is 5.93. The molecule has 128 valence electrons. The van der Waals surface area contributed by atoms with Crippen molar-refractivity contribution in [2.24, 2.45) is 0 Å². The Hall–Kier alpha value is -2.02. The van der Waals surface area contributed by atoms with Crippen molar-refractivity contribution in [1.82, 2.24) is 4.98 Å². The highest BCUT2D eigenvalue weighted by molar-refractivity contribution is 8.01. The molecule has 1 heterocycles. The summed E-state index contributed by atoms with van der Waals surface area (Å²) in [4.78, 5) is 16.5. The molecule has 0 spiro atoms. The van der Waals surface area contributed by atoms with E-state index in [9.17, 15) is 4.79 Å². The summed E-state index contributed by atoms with van der Waals surface area (Å²) >= 11 is 8.68. The first-order chi connectivity index (χ1) is 12.1. The van der Waals surface area contributed by atoms with Gasteiger partial charge in [-0.1, -0.05) is 35.5 Å². The van der Waals surface area contributed by atoms with E-state index in [-0.39, 0.29) is 5.75 Å². The van der Waals surface area contributed by atoms with Gasteiger partial charge in [-0.15, -0.1) is 11.3 Å². The Morgan fingerprint density at radius 2 is 1.80 bits per heavy atom. The number of thiazole rings is 1. The highest BCUT2D eigenvalue weighted by Gasteiger charge is 2.16. The third kappa shape index (κ3) is 4.34. The van der Waals surface area contributed by atoms with Gasteiger partial charge < -0.3 is 9.84 Å². The van der Waals surface area contributed by atoms with Crippen LogP contribution in [0.2, 0.25) is 5.02 Å². The van der Waals surface area contributed by atoms with Crippen LogP contribution in [0.5, 0.6) is 5.75 Å². The monoisotopic (exact) mass is 391 g/mol. The molecule has 0 saturated heterocycles. The number of ether oxygens (including phenoxy) is 1. The second-order valence-electron chi connectivity index (χ2n) is 5.08.